The highest BCUT2D eigenvalue weighted by Gasteiger charge is 2.02. The van der Waals surface area contributed by atoms with Crippen LogP contribution in [0, 0.1) is 6.92 Å². The Morgan fingerprint density at radius 3 is 2.77 bits per heavy atom. The number of hydrogen-bond donors (Lipinski definition) is 1. The van der Waals surface area contributed by atoms with Crippen molar-refractivity contribution in [3.63, 3.8) is 0 Å². The average Bonchev–Trinajstić information content (AvgIpc) is 2.63. The van der Waals surface area contributed by atoms with Crippen LogP contribution in [0.5, 0.6) is 0 Å². The second-order valence-corrected chi connectivity index (χ2v) is 2.87. The first kappa shape index (κ1) is 10.1. The SMILES string of the molecule is CC.Cc1cnc2[nH]ccc2c1Cl. The van der Waals surface area contributed by atoms with Gasteiger partial charge >= 0.3 is 0 Å². The number of nitrogens with zero attached hydrogens (tertiary/aromatic N) is 1. The summed E-state index contributed by atoms with van der Waals surface area (Å²) in [6.07, 6.45) is 3.60. The quantitative estimate of drug-likeness (QED) is 0.686. The highest BCUT2D eigenvalue weighted by molar-refractivity contribution is 6.35. The summed E-state index contributed by atoms with van der Waals surface area (Å²) in [5.41, 5.74) is 1.86. The molecular weight excluding hydrogens is 184 g/mol. The van der Waals surface area contributed by atoms with Crippen LogP contribution in [-0.4, -0.2) is 9.97 Å². The number of nitrogens with one attached hydrogen (secondary N) is 1. The first-order valence-corrected chi connectivity index (χ1v) is 4.75. The summed E-state index contributed by atoms with van der Waals surface area (Å²) in [6.45, 7) is 5.95. The molecule has 0 spiro atoms. The monoisotopic (exact) mass is 196 g/mol. The van der Waals surface area contributed by atoms with Gasteiger partial charge in [-0.15, -0.1) is 0 Å². The van der Waals surface area contributed by atoms with E-state index in [0.717, 1.165) is 21.6 Å². The summed E-state index contributed by atoms with van der Waals surface area (Å²) in [5, 5.41) is 1.78. The minimum atomic E-state index is 0.788. The molecule has 0 aromatic carbocycles. The number of halogens is 1. The Balaban J connectivity index is 0.000000396. The maximum absolute atomic E-state index is 6.01. The summed E-state index contributed by atoms with van der Waals surface area (Å²) in [5.74, 6) is 0. The molecule has 2 aromatic rings. The van der Waals surface area contributed by atoms with Crippen LogP contribution in [0.4, 0.5) is 0 Å². The van der Waals surface area contributed by atoms with E-state index < -0.39 is 0 Å². The van der Waals surface area contributed by atoms with Gasteiger partial charge in [-0.2, -0.15) is 0 Å². The Hall–Kier alpha value is -1.02. The first-order valence-electron chi connectivity index (χ1n) is 4.37. The van der Waals surface area contributed by atoms with Crippen molar-refractivity contribution in [1.29, 1.82) is 0 Å². The van der Waals surface area contributed by atoms with Crippen LogP contribution in [0.1, 0.15) is 19.4 Å². The van der Waals surface area contributed by atoms with E-state index in [1.807, 2.05) is 33.0 Å². The molecule has 3 heteroatoms. The maximum Gasteiger partial charge on any atom is 0.138 e. The van der Waals surface area contributed by atoms with Gasteiger partial charge in [0.15, 0.2) is 0 Å². The predicted octanol–water partition coefficient (Wildman–Crippen LogP) is 3.55. The number of pyridine rings is 1. The van der Waals surface area contributed by atoms with Crippen molar-refractivity contribution in [1.82, 2.24) is 9.97 Å². The third kappa shape index (κ3) is 1.83. The molecule has 0 fully saturated rings. The third-order valence-electron chi connectivity index (χ3n) is 1.70. The maximum atomic E-state index is 6.01. The van der Waals surface area contributed by atoms with Crippen LogP contribution >= 0.6 is 11.6 Å². The van der Waals surface area contributed by atoms with E-state index >= 15 is 0 Å². The number of aromatic amines is 1. The van der Waals surface area contributed by atoms with Crippen LogP contribution in [-0.2, 0) is 0 Å². The fraction of sp³-hybridized carbons (Fsp3) is 0.300. The molecule has 0 saturated heterocycles. The van der Waals surface area contributed by atoms with E-state index in [-0.39, 0.29) is 0 Å². The van der Waals surface area contributed by atoms with Crippen LogP contribution < -0.4 is 0 Å². The topological polar surface area (TPSA) is 28.7 Å². The highest BCUT2D eigenvalue weighted by Crippen LogP contribution is 2.23. The Bertz CT molecular complexity index is 393. The molecule has 70 valence electrons. The van der Waals surface area contributed by atoms with Crippen LogP contribution in [0.3, 0.4) is 0 Å². The van der Waals surface area contributed by atoms with Crippen molar-refractivity contribution in [3.05, 3.63) is 29.0 Å². The lowest BCUT2D eigenvalue weighted by Gasteiger charge is -1.96. The minimum absolute atomic E-state index is 0.788. The number of aromatic nitrogens is 2. The van der Waals surface area contributed by atoms with Gasteiger partial charge in [-0.3, -0.25) is 0 Å². The summed E-state index contributed by atoms with van der Waals surface area (Å²) in [4.78, 5) is 7.15. The zero-order valence-electron chi connectivity index (χ0n) is 8.06. The summed E-state index contributed by atoms with van der Waals surface area (Å²) in [7, 11) is 0. The number of H-pyrrole nitrogens is 1. The fourth-order valence-electron chi connectivity index (χ4n) is 1.08. The molecule has 0 amide bonds. The minimum Gasteiger partial charge on any atom is -0.346 e. The van der Waals surface area contributed by atoms with Gasteiger partial charge in [0.25, 0.3) is 0 Å². The Morgan fingerprint density at radius 2 is 2.08 bits per heavy atom. The van der Waals surface area contributed by atoms with Gasteiger partial charge in [0.2, 0.25) is 0 Å². The van der Waals surface area contributed by atoms with Crippen molar-refractivity contribution >= 4 is 22.6 Å². The van der Waals surface area contributed by atoms with Crippen molar-refractivity contribution in [2.24, 2.45) is 0 Å². The zero-order chi connectivity index (χ0) is 9.84. The highest BCUT2D eigenvalue weighted by atomic mass is 35.5. The molecule has 0 aliphatic heterocycles. The summed E-state index contributed by atoms with van der Waals surface area (Å²) in [6, 6.07) is 1.93. The molecule has 0 radical (unpaired) electrons. The van der Waals surface area contributed by atoms with Crippen molar-refractivity contribution in [2.45, 2.75) is 20.8 Å². The lowest BCUT2D eigenvalue weighted by atomic mass is 10.2. The van der Waals surface area contributed by atoms with E-state index in [4.69, 9.17) is 11.6 Å². The molecule has 1 N–H and O–H groups in total. The van der Waals surface area contributed by atoms with E-state index in [9.17, 15) is 0 Å². The first-order chi connectivity index (χ1) is 6.29. The molecule has 13 heavy (non-hydrogen) atoms. The molecule has 0 aliphatic rings. The van der Waals surface area contributed by atoms with Crippen LogP contribution in [0.2, 0.25) is 5.02 Å². The molecular formula is C10H13ClN2. The van der Waals surface area contributed by atoms with E-state index in [0.29, 0.717) is 0 Å². The molecule has 2 rings (SSSR count). The van der Waals surface area contributed by atoms with Crippen LogP contribution in [0.15, 0.2) is 18.5 Å². The Labute approximate surface area is 82.9 Å². The smallest absolute Gasteiger partial charge is 0.138 e. The van der Waals surface area contributed by atoms with Gasteiger partial charge in [-0.25, -0.2) is 4.98 Å². The lowest BCUT2D eigenvalue weighted by Crippen LogP contribution is -1.80. The number of aryl methyl sites for hydroxylation is 1. The van der Waals surface area contributed by atoms with E-state index in [1.54, 1.807) is 6.20 Å². The van der Waals surface area contributed by atoms with E-state index in [2.05, 4.69) is 9.97 Å². The van der Waals surface area contributed by atoms with Gasteiger partial charge in [-0.1, -0.05) is 25.4 Å². The van der Waals surface area contributed by atoms with Crippen molar-refractivity contribution < 1.29 is 0 Å². The average molecular weight is 197 g/mol. The van der Waals surface area contributed by atoms with Crippen LogP contribution in [0.25, 0.3) is 11.0 Å². The molecule has 2 aromatic heterocycles. The molecule has 0 unspecified atom stereocenters. The van der Waals surface area contributed by atoms with Crippen molar-refractivity contribution in [3.8, 4) is 0 Å². The summed E-state index contributed by atoms with van der Waals surface area (Å²) < 4.78 is 0. The second-order valence-electron chi connectivity index (χ2n) is 2.50. The molecule has 2 heterocycles. The molecule has 2 nitrogen and oxygen atoms in total. The fourth-order valence-corrected chi connectivity index (χ4v) is 1.28. The van der Waals surface area contributed by atoms with Gasteiger partial charge in [-0.05, 0) is 18.6 Å². The van der Waals surface area contributed by atoms with Gasteiger partial charge in [0.05, 0.1) is 5.02 Å². The van der Waals surface area contributed by atoms with Gasteiger partial charge < -0.3 is 4.98 Å². The third-order valence-corrected chi connectivity index (χ3v) is 2.20. The zero-order valence-corrected chi connectivity index (χ0v) is 8.81. The lowest BCUT2D eigenvalue weighted by molar-refractivity contribution is 1.29. The largest absolute Gasteiger partial charge is 0.346 e. The predicted molar refractivity (Wildman–Crippen MR) is 57.2 cm³/mol. The molecule has 0 atom stereocenters. The van der Waals surface area contributed by atoms with Gasteiger partial charge in [0, 0.05) is 17.8 Å². The van der Waals surface area contributed by atoms with Gasteiger partial charge in [0.1, 0.15) is 5.65 Å². The molecule has 0 bridgehead atoms. The van der Waals surface area contributed by atoms with Crippen molar-refractivity contribution in [2.75, 3.05) is 0 Å². The number of fused-ring (bicyclic) bond motifs is 1. The normalized spacial score (nSPS) is 9.54. The Morgan fingerprint density at radius 1 is 1.38 bits per heavy atom. The molecule has 0 saturated carbocycles. The second kappa shape index (κ2) is 4.28. The van der Waals surface area contributed by atoms with E-state index in [1.165, 1.54) is 0 Å². The molecule has 0 aliphatic carbocycles. The number of rotatable bonds is 0. The summed E-state index contributed by atoms with van der Waals surface area (Å²) >= 11 is 6.01. The number of hydrogen-bond acceptors (Lipinski definition) is 1. The Kier molecular flexibility index (Phi) is 3.32. The standard InChI is InChI=1S/C8H7ClN2.C2H6/c1-5-4-11-8-6(7(5)9)2-3-10-8;1-2/h2-4H,1H3,(H,10,11);1-2H3.